The molecule has 0 bridgehead atoms. The Morgan fingerprint density at radius 2 is 2.20 bits per heavy atom. The summed E-state index contributed by atoms with van der Waals surface area (Å²) in [5.74, 6) is -0.321. The Morgan fingerprint density at radius 3 is 2.93 bits per heavy atom. The quantitative estimate of drug-likeness (QED) is 0.727. The Balaban J connectivity index is 2.24. The maximum Gasteiger partial charge on any atom is 0.332 e. The normalized spacial score (nSPS) is 21.1. The van der Waals surface area contributed by atoms with E-state index in [0.29, 0.717) is 13.2 Å². The lowest BCUT2D eigenvalue weighted by Crippen LogP contribution is -2.27. The van der Waals surface area contributed by atoms with Crippen LogP contribution in [0.5, 0.6) is 0 Å². The van der Waals surface area contributed by atoms with Crippen LogP contribution in [0.15, 0.2) is 24.3 Å². The predicted octanol–water partition coefficient (Wildman–Crippen LogP) is 0.760. The van der Waals surface area contributed by atoms with Crippen LogP contribution in [-0.4, -0.2) is 19.2 Å². The molecule has 0 amide bonds. The second kappa shape index (κ2) is 4.42. The minimum Gasteiger partial charge on any atom is -0.453 e. The van der Waals surface area contributed by atoms with Crippen molar-refractivity contribution in [2.45, 2.75) is 12.6 Å². The average Bonchev–Trinajstić information content (AvgIpc) is 2.29. The first-order valence-electron chi connectivity index (χ1n) is 4.86. The zero-order chi connectivity index (χ0) is 10.7. The standard InChI is InChI=1S/C11H13NO3/c12-5-8-3-1-2-4-9(8)10-6-14-7-11(13)15-10/h1-4,10H,5-7,12H2. The number of carbonyl (C=O) groups is 1. The first-order valence-corrected chi connectivity index (χ1v) is 4.86. The van der Waals surface area contributed by atoms with E-state index in [1.807, 2.05) is 24.3 Å². The van der Waals surface area contributed by atoms with Crippen molar-refractivity contribution in [3.05, 3.63) is 35.4 Å². The van der Waals surface area contributed by atoms with Crippen molar-refractivity contribution in [3.8, 4) is 0 Å². The molecule has 1 fully saturated rings. The van der Waals surface area contributed by atoms with Crippen LogP contribution in [0.3, 0.4) is 0 Å². The van der Waals surface area contributed by atoms with Crippen molar-refractivity contribution in [3.63, 3.8) is 0 Å². The lowest BCUT2D eigenvalue weighted by atomic mass is 10.0. The van der Waals surface area contributed by atoms with Gasteiger partial charge in [-0.2, -0.15) is 0 Å². The number of hydrogen-bond donors (Lipinski definition) is 1. The van der Waals surface area contributed by atoms with Crippen LogP contribution >= 0.6 is 0 Å². The molecular formula is C11H13NO3. The van der Waals surface area contributed by atoms with Crippen molar-refractivity contribution < 1.29 is 14.3 Å². The molecule has 1 aliphatic rings. The fourth-order valence-corrected chi connectivity index (χ4v) is 1.66. The molecule has 1 heterocycles. The lowest BCUT2D eigenvalue weighted by molar-refractivity contribution is -0.170. The summed E-state index contributed by atoms with van der Waals surface area (Å²) in [5, 5.41) is 0. The SMILES string of the molecule is NCc1ccccc1C1COCC(=O)O1. The second-order valence-electron chi connectivity index (χ2n) is 3.40. The Hall–Kier alpha value is -1.39. The molecule has 2 rings (SSSR count). The zero-order valence-corrected chi connectivity index (χ0v) is 8.31. The molecule has 1 aliphatic heterocycles. The van der Waals surface area contributed by atoms with Crippen LogP contribution in [0.25, 0.3) is 0 Å². The van der Waals surface area contributed by atoms with Gasteiger partial charge in [0, 0.05) is 6.54 Å². The minimum absolute atomic E-state index is 0.0429. The number of esters is 1. The third-order valence-corrected chi connectivity index (χ3v) is 2.38. The van der Waals surface area contributed by atoms with Gasteiger partial charge in [-0.3, -0.25) is 0 Å². The zero-order valence-electron chi connectivity index (χ0n) is 8.31. The van der Waals surface area contributed by atoms with Gasteiger partial charge in [0.25, 0.3) is 0 Å². The largest absolute Gasteiger partial charge is 0.453 e. The molecule has 1 atom stereocenters. The van der Waals surface area contributed by atoms with Gasteiger partial charge in [-0.25, -0.2) is 4.79 Å². The van der Waals surface area contributed by atoms with Gasteiger partial charge in [0.15, 0.2) is 6.10 Å². The third kappa shape index (κ3) is 2.16. The average molecular weight is 207 g/mol. The molecule has 1 unspecified atom stereocenters. The van der Waals surface area contributed by atoms with E-state index >= 15 is 0 Å². The van der Waals surface area contributed by atoms with Gasteiger partial charge in [0.2, 0.25) is 0 Å². The molecule has 80 valence electrons. The number of cyclic esters (lactones) is 1. The lowest BCUT2D eigenvalue weighted by Gasteiger charge is -2.24. The monoisotopic (exact) mass is 207 g/mol. The molecule has 2 N–H and O–H groups in total. The van der Waals surface area contributed by atoms with E-state index in [1.54, 1.807) is 0 Å². The summed E-state index contributed by atoms with van der Waals surface area (Å²) in [7, 11) is 0. The maximum atomic E-state index is 11.1. The van der Waals surface area contributed by atoms with Gasteiger partial charge in [-0.1, -0.05) is 24.3 Å². The number of nitrogens with two attached hydrogens (primary N) is 1. The van der Waals surface area contributed by atoms with Crippen LogP contribution in [0.4, 0.5) is 0 Å². The molecule has 4 nitrogen and oxygen atoms in total. The van der Waals surface area contributed by atoms with Crippen molar-refractivity contribution >= 4 is 5.97 Å². The highest BCUT2D eigenvalue weighted by atomic mass is 16.6. The van der Waals surface area contributed by atoms with Crippen molar-refractivity contribution in [1.29, 1.82) is 0 Å². The second-order valence-corrected chi connectivity index (χ2v) is 3.40. The van der Waals surface area contributed by atoms with Crippen molar-refractivity contribution in [2.24, 2.45) is 5.73 Å². The topological polar surface area (TPSA) is 61.5 Å². The van der Waals surface area contributed by atoms with E-state index in [0.717, 1.165) is 11.1 Å². The highest BCUT2D eigenvalue weighted by Crippen LogP contribution is 2.24. The predicted molar refractivity (Wildman–Crippen MR) is 54.0 cm³/mol. The molecule has 15 heavy (non-hydrogen) atoms. The van der Waals surface area contributed by atoms with Gasteiger partial charge >= 0.3 is 5.97 Å². The summed E-state index contributed by atoms with van der Waals surface area (Å²) in [6.07, 6.45) is -0.314. The molecule has 1 saturated heterocycles. The Kier molecular flexibility index (Phi) is 2.99. The van der Waals surface area contributed by atoms with E-state index in [-0.39, 0.29) is 18.7 Å². The molecule has 4 heteroatoms. The molecule has 0 aromatic heterocycles. The van der Waals surface area contributed by atoms with E-state index in [9.17, 15) is 4.79 Å². The molecule has 0 saturated carbocycles. The van der Waals surface area contributed by atoms with E-state index in [4.69, 9.17) is 15.2 Å². The molecular weight excluding hydrogens is 194 g/mol. The number of carbonyl (C=O) groups excluding carboxylic acids is 1. The van der Waals surface area contributed by atoms with Crippen LogP contribution in [0, 0.1) is 0 Å². The number of benzene rings is 1. The first kappa shape index (κ1) is 10.1. The number of rotatable bonds is 2. The van der Waals surface area contributed by atoms with Gasteiger partial charge in [0.1, 0.15) is 6.61 Å². The maximum absolute atomic E-state index is 11.1. The summed E-state index contributed by atoms with van der Waals surface area (Å²) in [5.41, 5.74) is 7.54. The van der Waals surface area contributed by atoms with Gasteiger partial charge in [0.05, 0.1) is 6.61 Å². The van der Waals surface area contributed by atoms with E-state index in [2.05, 4.69) is 0 Å². The third-order valence-electron chi connectivity index (χ3n) is 2.38. The van der Waals surface area contributed by atoms with Gasteiger partial charge in [-0.05, 0) is 11.1 Å². The Bertz CT molecular complexity index is 365. The molecule has 1 aromatic carbocycles. The fourth-order valence-electron chi connectivity index (χ4n) is 1.66. The van der Waals surface area contributed by atoms with Crippen molar-refractivity contribution in [1.82, 2.24) is 0 Å². The smallest absolute Gasteiger partial charge is 0.332 e. The highest BCUT2D eigenvalue weighted by Gasteiger charge is 2.23. The van der Waals surface area contributed by atoms with Gasteiger partial charge in [-0.15, -0.1) is 0 Å². The van der Waals surface area contributed by atoms with E-state index in [1.165, 1.54) is 0 Å². The summed E-state index contributed by atoms with van der Waals surface area (Å²) in [4.78, 5) is 11.1. The first-order chi connectivity index (χ1) is 7.31. The highest BCUT2D eigenvalue weighted by molar-refractivity contribution is 5.71. The summed E-state index contributed by atoms with van der Waals surface area (Å²) >= 11 is 0. The summed E-state index contributed by atoms with van der Waals surface area (Å²) in [6, 6.07) is 7.65. The van der Waals surface area contributed by atoms with Crippen LogP contribution in [0.1, 0.15) is 17.2 Å². The Labute approximate surface area is 88.0 Å². The van der Waals surface area contributed by atoms with Crippen LogP contribution < -0.4 is 5.73 Å². The van der Waals surface area contributed by atoms with E-state index < -0.39 is 0 Å². The molecule has 0 aliphatic carbocycles. The number of ether oxygens (including phenoxy) is 2. The molecule has 1 aromatic rings. The van der Waals surface area contributed by atoms with Crippen LogP contribution in [0.2, 0.25) is 0 Å². The molecule has 0 radical (unpaired) electrons. The summed E-state index contributed by atoms with van der Waals surface area (Å²) < 4.78 is 10.3. The number of hydrogen-bond acceptors (Lipinski definition) is 4. The van der Waals surface area contributed by atoms with Gasteiger partial charge < -0.3 is 15.2 Å². The Morgan fingerprint density at radius 1 is 1.40 bits per heavy atom. The van der Waals surface area contributed by atoms with Crippen LogP contribution in [-0.2, 0) is 20.8 Å². The minimum atomic E-state index is -0.321. The summed E-state index contributed by atoms with van der Waals surface area (Å²) in [6.45, 7) is 0.883. The van der Waals surface area contributed by atoms with Crippen molar-refractivity contribution in [2.75, 3.05) is 13.2 Å². The fraction of sp³-hybridized carbons (Fsp3) is 0.364. The molecule has 0 spiro atoms.